The third-order valence-corrected chi connectivity index (χ3v) is 3.17. The fraction of sp³-hybridized carbons (Fsp3) is 0.733. The Hall–Kier alpha value is -0.840. The highest BCUT2D eigenvalue weighted by Crippen LogP contribution is 2.10. The lowest BCUT2D eigenvalue weighted by Crippen LogP contribution is -2.29. The Labute approximate surface area is 117 Å². The fourth-order valence-electron chi connectivity index (χ4n) is 1.94. The van der Waals surface area contributed by atoms with Crippen molar-refractivity contribution in [3.05, 3.63) is 23.7 Å². The maximum Gasteiger partial charge on any atom is 0.105 e. The molecule has 0 aliphatic rings. The molecular weight excluding hydrogens is 240 g/mol. The van der Waals surface area contributed by atoms with Gasteiger partial charge in [0, 0.05) is 38.4 Å². The number of likely N-dealkylation sites (N-methyl/N-ethyl adjacent to an activating group) is 1. The van der Waals surface area contributed by atoms with Crippen LogP contribution >= 0.6 is 0 Å². The zero-order chi connectivity index (χ0) is 13.9. The predicted octanol–water partition coefficient (Wildman–Crippen LogP) is 2.43. The molecule has 1 heterocycles. The van der Waals surface area contributed by atoms with Gasteiger partial charge in [-0.3, -0.25) is 0 Å². The second-order valence-electron chi connectivity index (χ2n) is 4.89. The van der Waals surface area contributed by atoms with E-state index in [1.165, 1.54) is 12.0 Å². The number of nitrogens with zero attached hydrogens (tertiary/aromatic N) is 1. The van der Waals surface area contributed by atoms with Crippen LogP contribution in [0.3, 0.4) is 0 Å². The lowest BCUT2D eigenvalue weighted by Gasteiger charge is -2.16. The van der Waals surface area contributed by atoms with Gasteiger partial charge >= 0.3 is 0 Å². The minimum Gasteiger partial charge on any atom is -0.469 e. The topological polar surface area (TPSA) is 37.6 Å². The lowest BCUT2D eigenvalue weighted by atomic mass is 10.2. The highest BCUT2D eigenvalue weighted by molar-refractivity contribution is 5.14. The van der Waals surface area contributed by atoms with E-state index in [9.17, 15) is 0 Å². The Morgan fingerprint density at radius 3 is 2.84 bits per heavy atom. The first-order valence-electron chi connectivity index (χ1n) is 7.24. The quantitative estimate of drug-likeness (QED) is 0.626. The Morgan fingerprint density at radius 1 is 1.32 bits per heavy atom. The zero-order valence-corrected chi connectivity index (χ0v) is 12.6. The molecule has 4 nitrogen and oxygen atoms in total. The van der Waals surface area contributed by atoms with Crippen molar-refractivity contribution in [2.75, 3.05) is 39.9 Å². The van der Waals surface area contributed by atoms with Crippen molar-refractivity contribution in [1.29, 1.82) is 0 Å². The number of hydrogen-bond donors (Lipinski definition) is 1. The number of unbranched alkanes of at least 4 members (excludes halogenated alkanes) is 1. The van der Waals surface area contributed by atoms with E-state index in [0.717, 1.165) is 51.6 Å². The summed E-state index contributed by atoms with van der Waals surface area (Å²) >= 11 is 0. The van der Waals surface area contributed by atoms with Crippen molar-refractivity contribution in [3.63, 3.8) is 0 Å². The third kappa shape index (κ3) is 7.35. The monoisotopic (exact) mass is 268 g/mol. The Bertz CT molecular complexity index is 326. The van der Waals surface area contributed by atoms with Crippen LogP contribution in [0.4, 0.5) is 0 Å². The molecular formula is C15H28N2O2. The molecule has 1 aromatic heterocycles. The maximum atomic E-state index is 5.30. The van der Waals surface area contributed by atoms with Crippen molar-refractivity contribution in [3.8, 4) is 0 Å². The van der Waals surface area contributed by atoms with Crippen LogP contribution in [0.25, 0.3) is 0 Å². The van der Waals surface area contributed by atoms with Gasteiger partial charge in [-0.25, -0.2) is 0 Å². The summed E-state index contributed by atoms with van der Waals surface area (Å²) < 4.78 is 10.6. The minimum atomic E-state index is 0.825. The first kappa shape index (κ1) is 16.2. The van der Waals surface area contributed by atoms with Crippen molar-refractivity contribution < 1.29 is 9.15 Å². The molecule has 1 N–H and O–H groups in total. The van der Waals surface area contributed by atoms with Crippen LogP contribution in [0, 0.1) is 6.92 Å². The molecule has 1 rings (SSSR count). The highest BCUT2D eigenvalue weighted by atomic mass is 16.5. The van der Waals surface area contributed by atoms with E-state index in [0.29, 0.717) is 0 Å². The molecule has 0 atom stereocenters. The summed E-state index contributed by atoms with van der Waals surface area (Å²) in [5.74, 6) is 1.02. The number of aryl methyl sites for hydroxylation is 1. The van der Waals surface area contributed by atoms with E-state index in [1.54, 1.807) is 6.26 Å². The largest absolute Gasteiger partial charge is 0.469 e. The van der Waals surface area contributed by atoms with Crippen LogP contribution in [0.2, 0.25) is 0 Å². The molecule has 0 spiro atoms. The van der Waals surface area contributed by atoms with E-state index in [2.05, 4.69) is 17.3 Å². The van der Waals surface area contributed by atoms with Gasteiger partial charge in [-0.05, 0) is 46.3 Å². The fourth-order valence-corrected chi connectivity index (χ4v) is 1.94. The molecule has 0 bridgehead atoms. The maximum absolute atomic E-state index is 5.30. The Morgan fingerprint density at radius 2 is 2.16 bits per heavy atom. The third-order valence-electron chi connectivity index (χ3n) is 3.17. The zero-order valence-electron chi connectivity index (χ0n) is 12.6. The van der Waals surface area contributed by atoms with E-state index in [-0.39, 0.29) is 0 Å². The minimum absolute atomic E-state index is 0.825. The molecule has 0 aliphatic carbocycles. The summed E-state index contributed by atoms with van der Waals surface area (Å²) in [4.78, 5) is 2.31. The summed E-state index contributed by atoms with van der Waals surface area (Å²) in [5.41, 5.74) is 1.28. The average Bonchev–Trinajstić information content (AvgIpc) is 2.78. The van der Waals surface area contributed by atoms with Crippen LogP contribution in [-0.4, -0.2) is 44.8 Å². The summed E-state index contributed by atoms with van der Waals surface area (Å²) in [6.45, 7) is 9.87. The first-order valence-corrected chi connectivity index (χ1v) is 7.24. The van der Waals surface area contributed by atoms with Crippen molar-refractivity contribution in [2.24, 2.45) is 0 Å². The molecule has 0 radical (unpaired) electrons. The SMILES string of the molecule is CCOCCCCNCCN(C)Cc1ccoc1C. The second kappa shape index (κ2) is 10.0. The summed E-state index contributed by atoms with van der Waals surface area (Å²) in [7, 11) is 2.14. The van der Waals surface area contributed by atoms with Gasteiger partial charge in [0.05, 0.1) is 6.26 Å². The predicted molar refractivity (Wildman–Crippen MR) is 78.4 cm³/mol. The van der Waals surface area contributed by atoms with Crippen molar-refractivity contribution >= 4 is 0 Å². The summed E-state index contributed by atoms with van der Waals surface area (Å²) in [6.07, 6.45) is 4.09. The highest BCUT2D eigenvalue weighted by Gasteiger charge is 2.04. The first-order chi connectivity index (χ1) is 9.24. The number of hydrogen-bond acceptors (Lipinski definition) is 4. The average molecular weight is 268 g/mol. The molecule has 110 valence electrons. The van der Waals surface area contributed by atoms with Gasteiger partial charge in [0.1, 0.15) is 5.76 Å². The van der Waals surface area contributed by atoms with Gasteiger partial charge in [-0.15, -0.1) is 0 Å². The van der Waals surface area contributed by atoms with E-state index in [4.69, 9.17) is 9.15 Å². The molecule has 0 saturated carbocycles. The molecule has 19 heavy (non-hydrogen) atoms. The molecule has 0 unspecified atom stereocenters. The van der Waals surface area contributed by atoms with Gasteiger partial charge in [0.2, 0.25) is 0 Å². The molecule has 1 aromatic rings. The van der Waals surface area contributed by atoms with Crippen LogP contribution in [0.5, 0.6) is 0 Å². The summed E-state index contributed by atoms with van der Waals surface area (Å²) in [5, 5.41) is 3.47. The number of ether oxygens (including phenoxy) is 1. The molecule has 0 saturated heterocycles. The van der Waals surface area contributed by atoms with Crippen molar-refractivity contribution in [2.45, 2.75) is 33.2 Å². The normalized spacial score (nSPS) is 11.4. The van der Waals surface area contributed by atoms with Crippen molar-refractivity contribution in [1.82, 2.24) is 10.2 Å². The Kier molecular flexibility index (Phi) is 8.54. The lowest BCUT2D eigenvalue weighted by molar-refractivity contribution is 0.143. The smallest absolute Gasteiger partial charge is 0.105 e. The Balaban J connectivity index is 1.96. The number of furan rings is 1. The van der Waals surface area contributed by atoms with Crippen LogP contribution < -0.4 is 5.32 Å². The second-order valence-corrected chi connectivity index (χ2v) is 4.89. The molecule has 0 amide bonds. The van der Waals surface area contributed by atoms with E-state index >= 15 is 0 Å². The molecule has 0 aliphatic heterocycles. The van der Waals surface area contributed by atoms with E-state index < -0.39 is 0 Å². The van der Waals surface area contributed by atoms with Gasteiger partial charge in [0.25, 0.3) is 0 Å². The molecule has 4 heteroatoms. The standard InChI is InChI=1S/C15H28N2O2/c1-4-18-11-6-5-8-16-9-10-17(3)13-15-7-12-19-14(15)2/h7,12,16H,4-6,8-11,13H2,1-3H3. The van der Waals surface area contributed by atoms with Gasteiger partial charge in [-0.2, -0.15) is 0 Å². The van der Waals surface area contributed by atoms with Gasteiger partial charge in [-0.1, -0.05) is 0 Å². The number of nitrogens with one attached hydrogen (secondary N) is 1. The van der Waals surface area contributed by atoms with E-state index in [1.807, 2.05) is 19.9 Å². The number of rotatable bonds is 11. The van der Waals surface area contributed by atoms with Gasteiger partial charge < -0.3 is 19.4 Å². The molecule has 0 aromatic carbocycles. The van der Waals surface area contributed by atoms with Crippen LogP contribution in [0.15, 0.2) is 16.7 Å². The van der Waals surface area contributed by atoms with Gasteiger partial charge in [0.15, 0.2) is 0 Å². The van der Waals surface area contributed by atoms with Crippen LogP contribution in [-0.2, 0) is 11.3 Å². The van der Waals surface area contributed by atoms with Crippen LogP contribution in [0.1, 0.15) is 31.1 Å². The summed E-state index contributed by atoms with van der Waals surface area (Å²) in [6, 6.07) is 2.05. The molecule has 0 fully saturated rings.